The number of aryl methyl sites for hydroxylation is 1. The molecule has 6 rings (SSSR count). The number of likely N-dealkylation sites (N-methyl/N-ethyl adjacent to an activating group) is 1. The average Bonchev–Trinajstić information content (AvgIpc) is 3.47. The van der Waals surface area contributed by atoms with Crippen molar-refractivity contribution in [1.29, 1.82) is 5.26 Å². The molecule has 0 radical (unpaired) electrons. The van der Waals surface area contributed by atoms with Crippen LogP contribution in [0.5, 0.6) is 11.9 Å². The van der Waals surface area contributed by atoms with Gasteiger partial charge < -0.3 is 19.3 Å². The molecule has 41 heavy (non-hydrogen) atoms. The highest BCUT2D eigenvalue weighted by molar-refractivity contribution is 5.87. The van der Waals surface area contributed by atoms with E-state index in [2.05, 4.69) is 53.6 Å². The topological polar surface area (TPSA) is 94.8 Å². The first-order chi connectivity index (χ1) is 20.0. The Morgan fingerprint density at radius 3 is 2.90 bits per heavy atom. The number of piperazine rings is 1. The number of likely N-dealkylation sites (tertiary alicyclic amines) is 1. The van der Waals surface area contributed by atoms with E-state index in [0.717, 1.165) is 63.0 Å². The number of nitrogens with zero attached hydrogens (tertiary/aromatic N) is 6. The summed E-state index contributed by atoms with van der Waals surface area (Å²) in [6, 6.07) is 11.3. The van der Waals surface area contributed by atoms with Crippen LogP contribution in [-0.2, 0) is 23.2 Å². The zero-order chi connectivity index (χ0) is 28.4. The Hall–Kier alpha value is -3.64. The summed E-state index contributed by atoms with van der Waals surface area (Å²) in [6.45, 7) is 10.1. The summed E-state index contributed by atoms with van der Waals surface area (Å²) in [5.41, 5.74) is 3.22. The molecule has 1 spiro atoms. The maximum atomic E-state index is 12.5. The molecule has 2 saturated heterocycles. The fraction of sp³-hybridized carbons (Fsp3) is 0.562. The lowest BCUT2D eigenvalue weighted by Crippen LogP contribution is -2.55. The molecule has 0 unspecified atom stereocenters. The number of carbonyl (C=O) groups excluding carboxylic acids is 1. The molecule has 1 aromatic heterocycles. The number of anilines is 1. The first-order valence-electron chi connectivity index (χ1n) is 15.2. The summed E-state index contributed by atoms with van der Waals surface area (Å²) >= 11 is 0. The molecule has 4 heterocycles. The minimum Gasteiger partial charge on any atom is -0.466 e. The van der Waals surface area contributed by atoms with Crippen molar-refractivity contribution in [3.8, 4) is 18.0 Å². The number of amides is 1. The predicted octanol–water partition coefficient (Wildman–Crippen LogP) is 4.01. The molecule has 0 bridgehead atoms. The largest absolute Gasteiger partial charge is 0.466 e. The molecule has 1 amide bonds. The molecular weight excluding hydrogens is 516 g/mol. The molecular formula is C32H40N6O3. The SMILES string of the molecule is C=CC(=O)N1CCN(c2nc(OC[C@@H]3CCCN3CC)nc3c2CC[C@]2(CCCc4ccccc42)O3)C[C@@H]1CC#N. The van der Waals surface area contributed by atoms with E-state index in [4.69, 9.17) is 19.4 Å². The second-order valence-corrected chi connectivity index (χ2v) is 11.7. The van der Waals surface area contributed by atoms with Gasteiger partial charge in [-0.3, -0.25) is 9.69 Å². The molecule has 0 saturated carbocycles. The number of fused-ring (bicyclic) bond motifs is 3. The summed E-state index contributed by atoms with van der Waals surface area (Å²) in [7, 11) is 0. The number of ether oxygens (including phenoxy) is 2. The number of carbonyl (C=O) groups is 1. The van der Waals surface area contributed by atoms with Crippen LogP contribution in [0.3, 0.4) is 0 Å². The monoisotopic (exact) mass is 556 g/mol. The van der Waals surface area contributed by atoms with Gasteiger partial charge in [-0.25, -0.2) is 0 Å². The Balaban J connectivity index is 1.34. The second-order valence-electron chi connectivity index (χ2n) is 11.7. The Bertz CT molecular complexity index is 1340. The molecule has 9 nitrogen and oxygen atoms in total. The van der Waals surface area contributed by atoms with E-state index in [9.17, 15) is 10.1 Å². The summed E-state index contributed by atoms with van der Waals surface area (Å²) in [5.74, 6) is 1.27. The van der Waals surface area contributed by atoms with Crippen molar-refractivity contribution in [2.24, 2.45) is 0 Å². The van der Waals surface area contributed by atoms with Crippen LogP contribution in [0.2, 0.25) is 0 Å². The summed E-state index contributed by atoms with van der Waals surface area (Å²) < 4.78 is 13.2. The number of nitriles is 1. The first kappa shape index (κ1) is 27.5. The average molecular weight is 557 g/mol. The van der Waals surface area contributed by atoms with Crippen LogP contribution < -0.4 is 14.4 Å². The lowest BCUT2D eigenvalue weighted by atomic mass is 9.75. The molecule has 2 fully saturated rings. The number of rotatable bonds is 7. The van der Waals surface area contributed by atoms with E-state index >= 15 is 0 Å². The molecule has 4 aliphatic rings. The van der Waals surface area contributed by atoms with Crippen molar-refractivity contribution < 1.29 is 14.3 Å². The van der Waals surface area contributed by atoms with Gasteiger partial charge in [0, 0.05) is 25.7 Å². The third-order valence-corrected chi connectivity index (χ3v) is 9.41. The van der Waals surface area contributed by atoms with Crippen LogP contribution in [-0.4, -0.2) is 77.1 Å². The Morgan fingerprint density at radius 1 is 1.20 bits per heavy atom. The number of benzene rings is 1. The van der Waals surface area contributed by atoms with Crippen LogP contribution in [0.25, 0.3) is 0 Å². The van der Waals surface area contributed by atoms with Crippen LogP contribution in [0.4, 0.5) is 5.82 Å². The molecule has 2 aromatic rings. The van der Waals surface area contributed by atoms with Gasteiger partial charge in [-0.05, 0) is 75.2 Å². The van der Waals surface area contributed by atoms with E-state index < -0.39 is 5.60 Å². The molecule has 0 N–H and O–H groups in total. The minimum absolute atomic E-state index is 0.142. The van der Waals surface area contributed by atoms with Crippen molar-refractivity contribution in [1.82, 2.24) is 19.8 Å². The van der Waals surface area contributed by atoms with Gasteiger partial charge in [0.25, 0.3) is 0 Å². The minimum atomic E-state index is -0.395. The van der Waals surface area contributed by atoms with Crippen molar-refractivity contribution >= 4 is 11.7 Å². The van der Waals surface area contributed by atoms with Crippen molar-refractivity contribution in [2.75, 3.05) is 44.2 Å². The first-order valence-corrected chi connectivity index (χ1v) is 15.2. The Kier molecular flexibility index (Phi) is 7.85. The van der Waals surface area contributed by atoms with Gasteiger partial charge in [-0.15, -0.1) is 0 Å². The van der Waals surface area contributed by atoms with E-state index in [1.165, 1.54) is 23.6 Å². The zero-order valence-corrected chi connectivity index (χ0v) is 24.1. The standard InChI is InChI=1S/C32H40N6O3/c1-3-28(39)38-20-19-37(21-24(38)14-17-33)29-26-13-16-32(15-7-10-23-9-5-6-12-27(23)32)41-30(26)35-31(34-29)40-22-25-11-8-18-36(25)4-2/h3,5-6,9,12,24-25H,1,4,7-8,10-11,13-16,18-22H2,2H3/t24-,25-,32-/m0/s1. The highest BCUT2D eigenvalue weighted by atomic mass is 16.5. The normalized spacial score (nSPS) is 25.7. The Labute approximate surface area is 242 Å². The van der Waals surface area contributed by atoms with Crippen LogP contribution in [0, 0.1) is 11.3 Å². The summed E-state index contributed by atoms with van der Waals surface area (Å²) in [6.07, 6.45) is 8.62. The van der Waals surface area contributed by atoms with Gasteiger partial charge in [0.15, 0.2) is 0 Å². The quantitative estimate of drug-likeness (QED) is 0.472. The predicted molar refractivity (Wildman–Crippen MR) is 156 cm³/mol. The van der Waals surface area contributed by atoms with Gasteiger partial charge in [0.1, 0.15) is 18.0 Å². The molecule has 1 aliphatic carbocycles. The van der Waals surface area contributed by atoms with E-state index in [1.807, 2.05) is 0 Å². The van der Waals surface area contributed by atoms with Crippen LogP contribution >= 0.6 is 0 Å². The number of hydrogen-bond donors (Lipinski definition) is 0. The van der Waals surface area contributed by atoms with Crippen molar-refractivity contribution in [2.45, 2.75) is 76.0 Å². The summed E-state index contributed by atoms with van der Waals surface area (Å²) in [4.78, 5) is 28.8. The molecule has 1 aromatic carbocycles. The summed E-state index contributed by atoms with van der Waals surface area (Å²) in [5, 5.41) is 9.52. The van der Waals surface area contributed by atoms with E-state index in [1.54, 1.807) is 4.90 Å². The zero-order valence-electron chi connectivity index (χ0n) is 24.1. The number of aromatic nitrogens is 2. The number of hydrogen-bond acceptors (Lipinski definition) is 8. The van der Waals surface area contributed by atoms with E-state index in [0.29, 0.717) is 44.2 Å². The van der Waals surface area contributed by atoms with Gasteiger partial charge in [0.2, 0.25) is 11.8 Å². The van der Waals surface area contributed by atoms with Crippen LogP contribution in [0.1, 0.15) is 62.1 Å². The van der Waals surface area contributed by atoms with Gasteiger partial charge in [-0.2, -0.15) is 15.2 Å². The molecule has 9 heteroatoms. The third-order valence-electron chi connectivity index (χ3n) is 9.41. The third kappa shape index (κ3) is 5.26. The fourth-order valence-corrected chi connectivity index (χ4v) is 7.28. The van der Waals surface area contributed by atoms with Gasteiger partial charge in [0.05, 0.1) is 24.1 Å². The van der Waals surface area contributed by atoms with Gasteiger partial charge >= 0.3 is 6.01 Å². The second kappa shape index (κ2) is 11.7. The Morgan fingerprint density at radius 2 is 2.07 bits per heavy atom. The van der Waals surface area contributed by atoms with Gasteiger partial charge in [-0.1, -0.05) is 37.8 Å². The molecule has 3 atom stereocenters. The van der Waals surface area contributed by atoms with Crippen molar-refractivity contribution in [3.63, 3.8) is 0 Å². The lowest BCUT2D eigenvalue weighted by Gasteiger charge is -2.44. The highest BCUT2D eigenvalue weighted by Gasteiger charge is 2.44. The lowest BCUT2D eigenvalue weighted by molar-refractivity contribution is -0.128. The molecule has 3 aliphatic heterocycles. The smallest absolute Gasteiger partial charge is 0.321 e. The maximum Gasteiger partial charge on any atom is 0.321 e. The highest BCUT2D eigenvalue weighted by Crippen LogP contribution is 2.48. The maximum absolute atomic E-state index is 12.5. The van der Waals surface area contributed by atoms with Crippen molar-refractivity contribution in [3.05, 3.63) is 53.6 Å². The van der Waals surface area contributed by atoms with Crippen LogP contribution in [0.15, 0.2) is 36.9 Å². The van der Waals surface area contributed by atoms with E-state index in [-0.39, 0.29) is 18.4 Å². The fourth-order valence-electron chi connectivity index (χ4n) is 7.28. The molecule has 216 valence electrons.